The zero-order valence-corrected chi connectivity index (χ0v) is 11.8. The average molecular weight is 350 g/mol. The Bertz CT molecular complexity index is 304. The molecule has 0 saturated carbocycles. The number of ether oxygens (including phenoxy) is 1. The number of halogens is 1. The molecule has 6 nitrogen and oxygen atoms in total. The zero-order chi connectivity index (χ0) is 12.1. The summed E-state index contributed by atoms with van der Waals surface area (Å²) in [6, 6.07) is -0.215. The van der Waals surface area contributed by atoms with E-state index in [1.807, 2.05) is 13.8 Å². The average Bonchev–Trinajstić information content (AvgIpc) is 2.13. The molecule has 15 heavy (non-hydrogen) atoms. The normalized spacial score (nSPS) is 13.7. The molecule has 1 amide bonds. The lowest BCUT2D eigenvalue weighted by Gasteiger charge is -2.19. The van der Waals surface area contributed by atoms with Gasteiger partial charge in [0.2, 0.25) is 0 Å². The van der Waals surface area contributed by atoms with Crippen LogP contribution >= 0.6 is 22.6 Å². The lowest BCUT2D eigenvalue weighted by atomic mass is 10.1. The van der Waals surface area contributed by atoms with Gasteiger partial charge in [-0.2, -0.15) is 13.1 Å². The fourth-order valence-corrected chi connectivity index (χ4v) is 3.38. The second-order valence-electron chi connectivity index (χ2n) is 3.22. The largest absolute Gasteiger partial charge is 0.452 e. The van der Waals surface area contributed by atoms with Gasteiger partial charge in [-0.3, -0.25) is 0 Å². The van der Waals surface area contributed by atoms with Crippen molar-refractivity contribution in [1.29, 1.82) is 0 Å². The highest BCUT2D eigenvalue weighted by molar-refractivity contribution is 14.1. The molecule has 0 aliphatic heterocycles. The van der Waals surface area contributed by atoms with Gasteiger partial charge in [0.15, 0.2) is 0 Å². The molecule has 0 rings (SSSR count). The van der Waals surface area contributed by atoms with E-state index in [1.165, 1.54) is 0 Å². The maximum atomic E-state index is 11.3. The molecular formula is C7H15IN2O4S. The Hall–Kier alpha value is -0.0900. The first-order valence-electron chi connectivity index (χ1n) is 4.26. The van der Waals surface area contributed by atoms with Crippen LogP contribution in [0.25, 0.3) is 0 Å². The number of carbonyl (C=O) groups excluding carboxylic acids is 1. The number of hydrogen-bond acceptors (Lipinski definition) is 4. The van der Waals surface area contributed by atoms with E-state index in [1.54, 1.807) is 4.72 Å². The molecule has 0 saturated heterocycles. The number of amides is 1. The summed E-state index contributed by atoms with van der Waals surface area (Å²) in [7, 11) is -2.73. The van der Waals surface area contributed by atoms with E-state index in [9.17, 15) is 13.2 Å². The van der Waals surface area contributed by atoms with E-state index < -0.39 is 16.3 Å². The van der Waals surface area contributed by atoms with Gasteiger partial charge in [0.25, 0.3) is 0 Å². The van der Waals surface area contributed by atoms with Crippen molar-refractivity contribution in [2.24, 2.45) is 5.92 Å². The molecule has 1 atom stereocenters. The van der Waals surface area contributed by atoms with Crippen LogP contribution in [0.3, 0.4) is 0 Å². The number of alkyl halides is 1. The lowest BCUT2D eigenvalue weighted by Crippen LogP contribution is -2.47. The maximum Gasteiger partial charge on any atom is 0.421 e. The molecule has 8 heteroatoms. The van der Waals surface area contributed by atoms with E-state index in [-0.39, 0.29) is 12.0 Å². The molecule has 0 aromatic heterocycles. The summed E-state index contributed by atoms with van der Waals surface area (Å²) in [5.41, 5.74) is 0. The van der Waals surface area contributed by atoms with Crippen LogP contribution in [0.5, 0.6) is 0 Å². The first-order valence-corrected chi connectivity index (χ1v) is 7.27. The van der Waals surface area contributed by atoms with Crippen LogP contribution in [0.2, 0.25) is 0 Å². The van der Waals surface area contributed by atoms with E-state index in [0.29, 0.717) is 4.43 Å². The third-order valence-electron chi connectivity index (χ3n) is 1.68. The summed E-state index contributed by atoms with van der Waals surface area (Å²) in [6.45, 7) is 3.79. The summed E-state index contributed by atoms with van der Waals surface area (Å²) >= 11 is 2.08. The van der Waals surface area contributed by atoms with Gasteiger partial charge in [-0.05, 0) is 5.92 Å². The highest BCUT2D eigenvalue weighted by atomic mass is 127. The van der Waals surface area contributed by atoms with Crippen LogP contribution < -0.4 is 9.44 Å². The number of carbonyl (C=O) groups is 1. The van der Waals surface area contributed by atoms with Crippen molar-refractivity contribution in [2.45, 2.75) is 19.9 Å². The first kappa shape index (κ1) is 14.9. The number of nitrogens with one attached hydrogen (secondary N) is 2. The summed E-state index contributed by atoms with van der Waals surface area (Å²) in [6.07, 6.45) is -1.00. The minimum absolute atomic E-state index is 0.149. The monoisotopic (exact) mass is 350 g/mol. The fourth-order valence-electron chi connectivity index (χ4n) is 0.726. The summed E-state index contributed by atoms with van der Waals surface area (Å²) in [5.74, 6) is 0.149. The van der Waals surface area contributed by atoms with E-state index in [0.717, 1.165) is 7.11 Å². The maximum absolute atomic E-state index is 11.3. The molecule has 0 aromatic rings. The van der Waals surface area contributed by atoms with Crippen molar-refractivity contribution in [3.05, 3.63) is 0 Å². The Morgan fingerprint density at radius 1 is 1.47 bits per heavy atom. The Kier molecular flexibility index (Phi) is 6.44. The van der Waals surface area contributed by atoms with Crippen LogP contribution in [0.15, 0.2) is 0 Å². The molecule has 0 aliphatic rings. The van der Waals surface area contributed by atoms with Crippen LogP contribution in [-0.2, 0) is 14.9 Å². The topological polar surface area (TPSA) is 84.5 Å². The molecule has 0 heterocycles. The van der Waals surface area contributed by atoms with Crippen molar-refractivity contribution >= 4 is 38.9 Å². The molecule has 2 N–H and O–H groups in total. The highest BCUT2D eigenvalue weighted by Crippen LogP contribution is 2.05. The lowest BCUT2D eigenvalue weighted by molar-refractivity contribution is 0.177. The Balaban J connectivity index is 4.42. The predicted molar refractivity (Wildman–Crippen MR) is 65.1 cm³/mol. The fraction of sp³-hybridized carbons (Fsp3) is 0.857. The van der Waals surface area contributed by atoms with Gasteiger partial charge in [-0.25, -0.2) is 9.52 Å². The minimum Gasteiger partial charge on any atom is -0.452 e. The summed E-state index contributed by atoms with van der Waals surface area (Å²) < 4.78 is 31.6. The van der Waals surface area contributed by atoms with Crippen LogP contribution in [-0.4, -0.2) is 32.1 Å². The molecule has 0 aromatic carbocycles. The van der Waals surface area contributed by atoms with Gasteiger partial charge in [0.05, 0.1) is 7.11 Å². The van der Waals surface area contributed by atoms with E-state index in [4.69, 9.17) is 0 Å². The third-order valence-corrected chi connectivity index (χ3v) is 3.68. The number of methoxy groups -OCH3 is 1. The Morgan fingerprint density at radius 3 is 2.33 bits per heavy atom. The first-order chi connectivity index (χ1) is 6.82. The molecule has 0 aliphatic carbocycles. The van der Waals surface area contributed by atoms with Crippen molar-refractivity contribution in [3.63, 3.8) is 0 Å². The van der Waals surface area contributed by atoms with Gasteiger partial charge in [-0.15, -0.1) is 0 Å². The van der Waals surface area contributed by atoms with Crippen molar-refractivity contribution in [3.8, 4) is 0 Å². The van der Waals surface area contributed by atoms with E-state index >= 15 is 0 Å². The molecule has 0 radical (unpaired) electrons. The Labute approximate surface area is 103 Å². The molecular weight excluding hydrogens is 335 g/mol. The highest BCUT2D eigenvalue weighted by Gasteiger charge is 2.21. The van der Waals surface area contributed by atoms with Crippen LogP contribution in [0.4, 0.5) is 4.79 Å². The van der Waals surface area contributed by atoms with Gasteiger partial charge in [0, 0.05) is 10.5 Å². The van der Waals surface area contributed by atoms with Crippen LogP contribution in [0.1, 0.15) is 13.8 Å². The summed E-state index contributed by atoms with van der Waals surface area (Å²) in [4.78, 5) is 10.7. The quantitative estimate of drug-likeness (QED) is 0.563. The molecule has 1 unspecified atom stereocenters. The predicted octanol–water partition coefficient (Wildman–Crippen LogP) is 0.636. The van der Waals surface area contributed by atoms with Gasteiger partial charge in [-0.1, -0.05) is 36.4 Å². The molecule has 0 fully saturated rings. The summed E-state index contributed by atoms with van der Waals surface area (Å²) in [5, 5.41) is 0. The third kappa shape index (κ3) is 6.15. The standard InChI is InChI=1S/C7H15IN2O4S/c1-5(2)6(4-8)9-15(12,13)10-7(11)14-3/h5-6,9H,4H2,1-3H3,(H,10,11). The SMILES string of the molecule is COC(=O)NS(=O)(=O)NC(CI)C(C)C. The number of rotatable bonds is 5. The van der Waals surface area contributed by atoms with Crippen molar-refractivity contribution in [1.82, 2.24) is 9.44 Å². The molecule has 0 spiro atoms. The van der Waals surface area contributed by atoms with Gasteiger partial charge >= 0.3 is 16.3 Å². The van der Waals surface area contributed by atoms with Crippen molar-refractivity contribution < 1.29 is 17.9 Å². The second-order valence-corrected chi connectivity index (χ2v) is 5.55. The second kappa shape index (κ2) is 6.48. The molecule has 0 bridgehead atoms. The van der Waals surface area contributed by atoms with Gasteiger partial charge in [0.1, 0.15) is 0 Å². The smallest absolute Gasteiger partial charge is 0.421 e. The van der Waals surface area contributed by atoms with Crippen LogP contribution in [0, 0.1) is 5.92 Å². The molecule has 90 valence electrons. The van der Waals surface area contributed by atoms with E-state index in [2.05, 4.69) is 32.0 Å². The number of hydrogen-bond donors (Lipinski definition) is 2. The Morgan fingerprint density at radius 2 is 2.00 bits per heavy atom. The van der Waals surface area contributed by atoms with Gasteiger partial charge < -0.3 is 4.74 Å². The zero-order valence-electron chi connectivity index (χ0n) is 8.78. The minimum atomic E-state index is -3.83. The van der Waals surface area contributed by atoms with Crippen molar-refractivity contribution in [2.75, 3.05) is 11.5 Å².